The van der Waals surface area contributed by atoms with Crippen molar-refractivity contribution < 1.29 is 52.7 Å². The summed E-state index contributed by atoms with van der Waals surface area (Å²) in [5.74, 6) is 2.80. The number of halogens is 4. The number of nitrogens with zero attached hydrogens (tertiary/aromatic N) is 17. The fraction of sp³-hybridized carbons (Fsp3) is 0.414. The Labute approximate surface area is 765 Å². The highest BCUT2D eigenvalue weighted by molar-refractivity contribution is 6.35. The van der Waals surface area contributed by atoms with Crippen molar-refractivity contribution in [3.05, 3.63) is 180 Å². The zero-order chi connectivity index (χ0) is 91.3. The van der Waals surface area contributed by atoms with Crippen molar-refractivity contribution >= 4 is 118 Å². The average molecular weight is 1810 g/mol. The Balaban J connectivity index is 0.000000143. The van der Waals surface area contributed by atoms with Gasteiger partial charge in [0.1, 0.15) is 57.9 Å². The number of amides is 4. The van der Waals surface area contributed by atoms with Crippen molar-refractivity contribution in [2.45, 2.75) is 97.9 Å². The zero-order valence-corrected chi connectivity index (χ0v) is 76.0. The largest absolute Gasteiger partial charge is 0.508 e. The molecule has 18 rings (SSSR count). The number of phenolic OH excluding ortho intramolecular Hbond substituents is 3. The Kier molecular flexibility index (Phi) is 28.1. The number of hydrogen-bond acceptors (Lipinski definition) is 23. The van der Waals surface area contributed by atoms with Crippen molar-refractivity contribution in [1.29, 1.82) is 5.26 Å². The number of carbonyl (C=O) groups is 3. The molecule has 8 aromatic carbocycles. The standard InChI is InChI=1S/C34H37ClFN5O3.C33H42N6O3.C32H33ClFN7O3/c1-4-29(43)40-13-15-41(16-14-40)33-27-19-28(35)30(26-18-24(42)17-23-7-5-6-8-25(23)26)31(36)32(27)37-34(38-33)44-22(3)20-39-11-9-21(2)10-12-39;1-4-31(41)37-15-17-38(18-16-37)32-28-11-14-39(30-20-26(40)19-25-7-5-6-8-27(25)30)22-29(28)34-33(35-32)42-24(3)21-36-12-9-23(2)10-13-36;1-18-14-39(2)15-20(18)17-44-32-37-29-25(30(38-32)40-9-10-41(31(36)43)21(16-40)7-8-35)13-26(33)27(28(29)34)24-12-22(42)11-19-5-3-4-6-23(19)24/h4-8,17-19,21-22,42H,1,9-16,20H2,2-3H3;4-8,19-20,23-24,40H,1,9-18,21-22H2,2-3H3;3-6,11-13,18,20-21,42H,7,9-10,14-17H2,1-2H3,(H2,36,43)/t22-;24-;18?,20-,21-/m110/s1. The highest BCUT2D eigenvalue weighted by atomic mass is 35.5. The number of primary amides is 1. The quantitative estimate of drug-likeness (QED) is 0.0515. The number of aromatic hydroxyl groups is 3. The van der Waals surface area contributed by atoms with Crippen molar-refractivity contribution in [2.24, 2.45) is 29.4 Å². The topological polar surface area (TPSA) is 299 Å². The van der Waals surface area contributed by atoms with E-state index in [1.54, 1.807) is 29.2 Å². The molecule has 0 aliphatic carbocycles. The summed E-state index contributed by atoms with van der Waals surface area (Å²) in [5.41, 5.74) is 9.95. The molecule has 5 atom stereocenters. The van der Waals surface area contributed by atoms with Crippen molar-refractivity contribution in [3.63, 3.8) is 0 Å². The van der Waals surface area contributed by atoms with E-state index >= 15 is 8.78 Å². The third-order valence-electron chi connectivity index (χ3n) is 26.4. The summed E-state index contributed by atoms with van der Waals surface area (Å²) in [6.07, 6.45) is 8.06. The van der Waals surface area contributed by atoms with Gasteiger partial charge in [-0.05, 0) is 190 Å². The minimum atomic E-state index is -0.671. The Morgan fingerprint density at radius 1 is 0.546 bits per heavy atom. The van der Waals surface area contributed by atoms with Crippen LogP contribution in [-0.2, 0) is 22.6 Å². The number of benzene rings is 8. The van der Waals surface area contributed by atoms with Crippen LogP contribution in [0.4, 0.5) is 36.7 Å². The molecule has 10 heterocycles. The number of urea groups is 1. The molecular weight excluding hydrogens is 1690 g/mol. The summed E-state index contributed by atoms with van der Waals surface area (Å²) >= 11 is 13.7. The molecular formula is C99H112Cl2F2N18O9. The molecule has 1 unspecified atom stereocenters. The van der Waals surface area contributed by atoms with E-state index in [-0.39, 0.29) is 111 Å². The Morgan fingerprint density at radius 3 is 1.50 bits per heavy atom. The van der Waals surface area contributed by atoms with Crippen LogP contribution in [0.3, 0.4) is 0 Å². The van der Waals surface area contributed by atoms with Gasteiger partial charge in [-0.3, -0.25) is 19.4 Å². The van der Waals surface area contributed by atoms with Crippen LogP contribution in [-0.4, -0.2) is 255 Å². The molecule has 4 amide bonds. The van der Waals surface area contributed by atoms with Gasteiger partial charge in [-0.15, -0.1) is 0 Å². The molecule has 7 aliphatic rings. The van der Waals surface area contributed by atoms with Gasteiger partial charge in [0.25, 0.3) is 0 Å². The number of nitrogens with two attached hydrogens (primary N) is 1. The Hall–Kier alpha value is -12.2. The average Bonchev–Trinajstić information content (AvgIpc) is 0.952. The summed E-state index contributed by atoms with van der Waals surface area (Å²) in [5, 5.41) is 47.1. The third-order valence-corrected chi connectivity index (χ3v) is 27.0. The molecule has 0 bridgehead atoms. The number of carbonyl (C=O) groups excluding carboxylic acids is 3. The highest BCUT2D eigenvalue weighted by Crippen LogP contribution is 2.47. The fourth-order valence-corrected chi connectivity index (χ4v) is 19.9. The number of hydrogen-bond donors (Lipinski definition) is 4. The van der Waals surface area contributed by atoms with Crippen molar-refractivity contribution in [3.8, 4) is 63.6 Å². The number of ether oxygens (including phenoxy) is 3. The summed E-state index contributed by atoms with van der Waals surface area (Å²) in [6, 6.07) is 37.8. The van der Waals surface area contributed by atoms with Gasteiger partial charge >= 0.3 is 24.1 Å². The maximum atomic E-state index is 16.8. The van der Waals surface area contributed by atoms with Crippen LogP contribution < -0.4 is 39.5 Å². The lowest BCUT2D eigenvalue weighted by Gasteiger charge is -2.40. The van der Waals surface area contributed by atoms with E-state index in [0.717, 1.165) is 145 Å². The molecule has 31 heteroatoms. The van der Waals surface area contributed by atoms with E-state index in [9.17, 15) is 35.0 Å². The molecule has 11 aromatic rings. The van der Waals surface area contributed by atoms with Gasteiger partial charge in [0.05, 0.1) is 47.4 Å². The highest BCUT2D eigenvalue weighted by Gasteiger charge is 2.37. The molecule has 6 fully saturated rings. The van der Waals surface area contributed by atoms with Gasteiger partial charge < -0.3 is 74.5 Å². The lowest BCUT2D eigenvalue weighted by Crippen LogP contribution is -2.56. The number of likely N-dealkylation sites (tertiary alicyclic amines) is 3. The number of aromatic nitrogens is 6. The minimum Gasteiger partial charge on any atom is -0.508 e. The Bertz CT molecular complexity index is 6120. The summed E-state index contributed by atoms with van der Waals surface area (Å²) in [4.78, 5) is 85.8. The van der Waals surface area contributed by atoms with Crippen LogP contribution in [0.2, 0.25) is 10.0 Å². The number of rotatable bonds is 20. The van der Waals surface area contributed by atoms with Crippen LogP contribution in [0.25, 0.3) is 76.4 Å². The minimum absolute atomic E-state index is 0.00883. The molecule has 130 heavy (non-hydrogen) atoms. The summed E-state index contributed by atoms with van der Waals surface area (Å²) < 4.78 is 52.4. The number of phenols is 3. The molecule has 0 spiro atoms. The van der Waals surface area contributed by atoms with Gasteiger partial charge in [0, 0.05) is 155 Å². The van der Waals surface area contributed by atoms with Gasteiger partial charge in [-0.1, -0.05) is 130 Å². The molecule has 0 radical (unpaired) electrons. The van der Waals surface area contributed by atoms with Crippen molar-refractivity contribution in [1.82, 2.24) is 59.3 Å². The van der Waals surface area contributed by atoms with Crippen LogP contribution in [0.1, 0.15) is 78.0 Å². The predicted octanol–water partition coefficient (Wildman–Crippen LogP) is 15.5. The van der Waals surface area contributed by atoms with Gasteiger partial charge in [0.15, 0.2) is 11.6 Å². The molecule has 5 N–H and O–H groups in total. The lowest BCUT2D eigenvalue weighted by atomic mass is 9.96. The molecule has 6 saturated heterocycles. The van der Waals surface area contributed by atoms with Crippen LogP contribution >= 0.6 is 23.2 Å². The summed E-state index contributed by atoms with van der Waals surface area (Å²) in [6.45, 7) is 32.9. The van der Waals surface area contributed by atoms with Gasteiger partial charge in [-0.2, -0.15) is 35.2 Å². The second-order valence-corrected chi connectivity index (χ2v) is 36.5. The maximum absolute atomic E-state index is 16.8. The van der Waals surface area contributed by atoms with Crippen LogP contribution in [0.5, 0.6) is 35.3 Å². The normalized spacial score (nSPS) is 19.0. The number of piperidine rings is 2. The number of piperazine rings is 3. The predicted molar refractivity (Wildman–Crippen MR) is 507 cm³/mol. The first-order chi connectivity index (χ1) is 62.7. The van der Waals surface area contributed by atoms with E-state index in [1.165, 1.54) is 42.0 Å². The molecule has 680 valence electrons. The lowest BCUT2D eigenvalue weighted by molar-refractivity contribution is -0.127. The second kappa shape index (κ2) is 40.0. The number of anilines is 4. The number of fused-ring (bicyclic) bond motifs is 6. The van der Waals surface area contributed by atoms with Crippen molar-refractivity contribution in [2.75, 3.05) is 164 Å². The first-order valence-electron chi connectivity index (χ1n) is 45.0. The van der Waals surface area contributed by atoms with E-state index < -0.39 is 23.7 Å². The molecule has 0 saturated carbocycles. The number of nitriles is 1. The SMILES string of the molecule is C=CC(=O)N1CCN(c2nc(O[C@H](C)CN3CCC(C)CC3)nc3c(F)c(-c4cc(O)cc5ccccc45)c(Cl)cc23)CC1.C=CC(=O)N1CCN(c2nc(O[C@H](C)CN3CCC(C)CC3)nc3c2CCN(c2cc(O)cc4ccccc24)C3)CC1.CC1CN(C)C[C@H]1COc1nc(N2CCN(C(N)=O)[C@@H](CC#N)C2)c2cc(Cl)c(-c3cc(O)cc4ccccc34)c(F)c2n1. The van der Waals surface area contributed by atoms with E-state index in [2.05, 4.69) is 94.5 Å². The third kappa shape index (κ3) is 20.2. The molecule has 3 aromatic heterocycles. The second-order valence-electron chi connectivity index (χ2n) is 35.7. The van der Waals surface area contributed by atoms with E-state index in [0.29, 0.717) is 118 Å². The first-order valence-corrected chi connectivity index (χ1v) is 45.8. The van der Waals surface area contributed by atoms with Gasteiger partial charge in [0.2, 0.25) is 11.8 Å². The maximum Gasteiger partial charge on any atom is 0.319 e. The smallest absolute Gasteiger partial charge is 0.319 e. The summed E-state index contributed by atoms with van der Waals surface area (Å²) in [7, 11) is 2.07. The fourth-order valence-electron chi connectivity index (χ4n) is 19.4. The Morgan fingerprint density at radius 2 is 1.00 bits per heavy atom. The van der Waals surface area contributed by atoms with Crippen LogP contribution in [0, 0.1) is 46.6 Å². The monoisotopic (exact) mass is 1800 g/mol. The van der Waals surface area contributed by atoms with Crippen LogP contribution in [0.15, 0.2) is 147 Å². The molecule has 7 aliphatic heterocycles. The first kappa shape index (κ1) is 91.1. The van der Waals surface area contributed by atoms with E-state index in [4.69, 9.17) is 63.1 Å². The zero-order valence-electron chi connectivity index (χ0n) is 74.4. The van der Waals surface area contributed by atoms with Gasteiger partial charge in [-0.25, -0.2) is 13.6 Å². The van der Waals surface area contributed by atoms with E-state index in [1.807, 2.05) is 100 Å². The molecule has 27 nitrogen and oxygen atoms in total.